The summed E-state index contributed by atoms with van der Waals surface area (Å²) in [4.78, 5) is 17.4. The first-order chi connectivity index (χ1) is 13.5. The van der Waals surface area contributed by atoms with E-state index in [1.54, 1.807) is 17.5 Å². The Morgan fingerprint density at radius 2 is 1.89 bits per heavy atom. The van der Waals surface area contributed by atoms with E-state index in [1.165, 1.54) is 32.1 Å². The monoisotopic (exact) mass is 390 g/mol. The van der Waals surface area contributed by atoms with Crippen LogP contribution in [0.25, 0.3) is 5.65 Å². The molecule has 154 valence electrons. The molecular weight excluding hydrogens is 360 g/mol. The van der Waals surface area contributed by atoms with E-state index >= 15 is 0 Å². The second-order valence-electron chi connectivity index (χ2n) is 8.00. The van der Waals surface area contributed by atoms with E-state index in [9.17, 15) is 20.1 Å². The van der Waals surface area contributed by atoms with Gasteiger partial charge in [0, 0.05) is 18.0 Å². The minimum atomic E-state index is -1.25. The molecule has 0 aliphatic heterocycles. The molecule has 1 aliphatic rings. The normalized spacial score (nSPS) is 15.9. The van der Waals surface area contributed by atoms with E-state index in [1.807, 2.05) is 12.1 Å². The molecule has 3 N–H and O–H groups in total. The first-order valence-electron chi connectivity index (χ1n) is 10.00. The standard InChI is InChI=1S/C21H30N2O5/c1-15-19(17(27)10-21(12-24,13-25)14-26)23-9-5-8-18(20(23)22-15)28-11-16-6-3-2-4-7-16/h5,8-9,16,24-26H,2-4,6-7,10-14H2,1H3. The van der Waals surface area contributed by atoms with Crippen molar-refractivity contribution < 1.29 is 24.9 Å². The van der Waals surface area contributed by atoms with Crippen molar-refractivity contribution in [3.05, 3.63) is 29.7 Å². The van der Waals surface area contributed by atoms with Gasteiger partial charge in [-0.2, -0.15) is 0 Å². The van der Waals surface area contributed by atoms with Gasteiger partial charge in [-0.1, -0.05) is 19.3 Å². The molecule has 2 heterocycles. The molecule has 2 aromatic heterocycles. The maximum atomic E-state index is 12.9. The summed E-state index contributed by atoms with van der Waals surface area (Å²) >= 11 is 0. The summed E-state index contributed by atoms with van der Waals surface area (Å²) in [5.74, 6) is 0.921. The lowest BCUT2D eigenvalue weighted by molar-refractivity contribution is 0.00178. The predicted molar refractivity (Wildman–Crippen MR) is 105 cm³/mol. The van der Waals surface area contributed by atoms with Gasteiger partial charge < -0.3 is 20.1 Å². The Hall–Kier alpha value is -1.96. The van der Waals surface area contributed by atoms with Crippen molar-refractivity contribution in [3.8, 4) is 5.75 Å². The Balaban J connectivity index is 1.84. The van der Waals surface area contributed by atoms with Crippen LogP contribution in [0.5, 0.6) is 5.75 Å². The number of imidazole rings is 1. The van der Waals surface area contributed by atoms with Crippen LogP contribution in [0.15, 0.2) is 18.3 Å². The highest BCUT2D eigenvalue weighted by Gasteiger charge is 2.33. The predicted octanol–water partition coefficient (Wildman–Crippen LogP) is 2.14. The number of aryl methyl sites for hydroxylation is 1. The Morgan fingerprint density at radius 3 is 2.54 bits per heavy atom. The summed E-state index contributed by atoms with van der Waals surface area (Å²) < 4.78 is 7.76. The lowest BCUT2D eigenvalue weighted by Crippen LogP contribution is -2.36. The Labute approximate surface area is 165 Å². The molecule has 1 saturated carbocycles. The molecule has 1 aliphatic carbocycles. The fourth-order valence-corrected chi connectivity index (χ4v) is 3.91. The lowest BCUT2D eigenvalue weighted by atomic mass is 9.84. The third-order valence-corrected chi connectivity index (χ3v) is 5.79. The van der Waals surface area contributed by atoms with Crippen LogP contribution in [0.3, 0.4) is 0 Å². The number of pyridine rings is 1. The number of ether oxygens (including phenoxy) is 1. The van der Waals surface area contributed by atoms with Crippen LogP contribution < -0.4 is 4.74 Å². The Morgan fingerprint density at radius 1 is 1.21 bits per heavy atom. The van der Waals surface area contributed by atoms with Gasteiger partial charge in [0.2, 0.25) is 0 Å². The Kier molecular flexibility index (Phi) is 6.69. The van der Waals surface area contributed by atoms with Crippen LogP contribution in [0.4, 0.5) is 0 Å². The second kappa shape index (κ2) is 9.03. The van der Waals surface area contributed by atoms with Crippen LogP contribution in [-0.2, 0) is 0 Å². The number of aliphatic hydroxyl groups excluding tert-OH is 3. The van der Waals surface area contributed by atoms with Crippen molar-refractivity contribution in [1.82, 2.24) is 9.38 Å². The maximum Gasteiger partial charge on any atom is 0.182 e. The number of aromatic nitrogens is 2. The van der Waals surface area contributed by atoms with E-state index in [0.717, 1.165) is 0 Å². The van der Waals surface area contributed by atoms with E-state index in [2.05, 4.69) is 4.98 Å². The minimum absolute atomic E-state index is 0.168. The highest BCUT2D eigenvalue weighted by Crippen LogP contribution is 2.29. The van der Waals surface area contributed by atoms with Gasteiger partial charge in [0.25, 0.3) is 0 Å². The van der Waals surface area contributed by atoms with Gasteiger partial charge >= 0.3 is 0 Å². The van der Waals surface area contributed by atoms with Crippen molar-refractivity contribution in [1.29, 1.82) is 0 Å². The van der Waals surface area contributed by atoms with Crippen molar-refractivity contribution in [2.24, 2.45) is 11.3 Å². The molecule has 28 heavy (non-hydrogen) atoms. The summed E-state index contributed by atoms with van der Waals surface area (Å²) in [6.45, 7) is 0.979. The van der Waals surface area contributed by atoms with Crippen LogP contribution in [0, 0.1) is 18.3 Å². The van der Waals surface area contributed by atoms with Gasteiger partial charge in [0.15, 0.2) is 17.2 Å². The smallest absolute Gasteiger partial charge is 0.182 e. The molecule has 0 atom stereocenters. The number of ketones is 1. The number of aliphatic hydroxyl groups is 3. The molecule has 1 fully saturated rings. The van der Waals surface area contributed by atoms with E-state index < -0.39 is 25.2 Å². The molecule has 0 amide bonds. The highest BCUT2D eigenvalue weighted by atomic mass is 16.5. The summed E-state index contributed by atoms with van der Waals surface area (Å²) in [6.07, 6.45) is 7.77. The van der Waals surface area contributed by atoms with Gasteiger partial charge in [-0.25, -0.2) is 4.98 Å². The molecule has 3 rings (SSSR count). The van der Waals surface area contributed by atoms with Gasteiger partial charge in [-0.3, -0.25) is 9.20 Å². The summed E-state index contributed by atoms with van der Waals surface area (Å²) in [5, 5.41) is 28.6. The van der Waals surface area contributed by atoms with Gasteiger partial charge in [-0.05, 0) is 37.8 Å². The number of hydrogen-bond donors (Lipinski definition) is 3. The molecule has 7 nitrogen and oxygen atoms in total. The lowest BCUT2D eigenvalue weighted by Gasteiger charge is -2.26. The quantitative estimate of drug-likeness (QED) is 0.567. The molecule has 0 saturated heterocycles. The third-order valence-electron chi connectivity index (χ3n) is 5.79. The fraction of sp³-hybridized carbons (Fsp3) is 0.619. The molecule has 0 radical (unpaired) electrons. The number of hydrogen-bond acceptors (Lipinski definition) is 6. The summed E-state index contributed by atoms with van der Waals surface area (Å²) in [6, 6.07) is 3.68. The molecule has 2 aromatic rings. The first-order valence-corrected chi connectivity index (χ1v) is 10.00. The molecule has 0 spiro atoms. The third kappa shape index (κ3) is 4.21. The topological polar surface area (TPSA) is 104 Å². The van der Waals surface area contributed by atoms with Crippen molar-refractivity contribution in [3.63, 3.8) is 0 Å². The average molecular weight is 390 g/mol. The molecule has 0 aromatic carbocycles. The molecule has 0 unspecified atom stereocenters. The number of fused-ring (bicyclic) bond motifs is 1. The fourth-order valence-electron chi connectivity index (χ4n) is 3.91. The van der Waals surface area contributed by atoms with Crippen LogP contribution in [0.1, 0.15) is 54.7 Å². The molecular formula is C21H30N2O5. The van der Waals surface area contributed by atoms with Crippen LogP contribution >= 0.6 is 0 Å². The zero-order valence-corrected chi connectivity index (χ0v) is 16.4. The maximum absolute atomic E-state index is 12.9. The number of nitrogens with zero attached hydrogens (tertiary/aromatic N) is 2. The first kappa shape index (κ1) is 20.8. The average Bonchev–Trinajstić information content (AvgIpc) is 3.07. The molecule has 0 bridgehead atoms. The second-order valence-corrected chi connectivity index (χ2v) is 8.00. The largest absolute Gasteiger partial charge is 0.489 e. The van der Waals surface area contributed by atoms with Crippen LogP contribution in [-0.4, -0.2) is 56.9 Å². The number of carbonyl (C=O) groups excluding carboxylic acids is 1. The SMILES string of the molecule is Cc1nc2c(OCC3CCCCC3)cccn2c1C(=O)CC(CO)(CO)CO. The summed E-state index contributed by atoms with van der Waals surface area (Å²) in [5.41, 5.74) is 0.281. The van der Waals surface area contributed by atoms with Gasteiger partial charge in [0.1, 0.15) is 5.69 Å². The van der Waals surface area contributed by atoms with Crippen molar-refractivity contribution in [2.45, 2.75) is 45.4 Å². The van der Waals surface area contributed by atoms with Crippen molar-refractivity contribution >= 4 is 11.4 Å². The number of Topliss-reactive ketones (excluding diaryl/α,β-unsaturated/α-hetero) is 1. The number of carbonyl (C=O) groups is 1. The van der Waals surface area contributed by atoms with E-state index in [-0.39, 0.29) is 12.2 Å². The van der Waals surface area contributed by atoms with E-state index in [0.29, 0.717) is 35.3 Å². The van der Waals surface area contributed by atoms with Crippen LogP contribution in [0.2, 0.25) is 0 Å². The van der Waals surface area contributed by atoms with Crippen molar-refractivity contribution in [2.75, 3.05) is 26.4 Å². The van der Waals surface area contributed by atoms with Gasteiger partial charge in [-0.15, -0.1) is 0 Å². The highest BCUT2D eigenvalue weighted by molar-refractivity contribution is 5.97. The zero-order valence-electron chi connectivity index (χ0n) is 16.4. The van der Waals surface area contributed by atoms with Gasteiger partial charge in [0.05, 0.1) is 32.1 Å². The minimum Gasteiger partial charge on any atom is -0.489 e. The zero-order chi connectivity index (χ0) is 20.1. The summed E-state index contributed by atoms with van der Waals surface area (Å²) in [7, 11) is 0. The Bertz CT molecular complexity index is 798. The van der Waals surface area contributed by atoms with E-state index in [4.69, 9.17) is 4.74 Å². The molecule has 7 heteroatoms. The number of rotatable bonds is 9.